The zero-order valence-corrected chi connectivity index (χ0v) is 12.4. The highest BCUT2D eigenvalue weighted by Crippen LogP contribution is 2.36. The summed E-state index contributed by atoms with van der Waals surface area (Å²) in [5.41, 5.74) is 1.64. The summed E-state index contributed by atoms with van der Waals surface area (Å²) in [5, 5.41) is 3.41. The van der Waals surface area contributed by atoms with Gasteiger partial charge in [-0.3, -0.25) is 9.88 Å². The molecule has 0 spiro atoms. The van der Waals surface area contributed by atoms with E-state index in [1.807, 2.05) is 12.3 Å². The molecule has 0 bridgehead atoms. The predicted molar refractivity (Wildman–Crippen MR) is 80.0 cm³/mol. The summed E-state index contributed by atoms with van der Waals surface area (Å²) in [7, 11) is 4.30. The van der Waals surface area contributed by atoms with Gasteiger partial charge in [0.2, 0.25) is 0 Å². The van der Waals surface area contributed by atoms with Crippen molar-refractivity contribution in [2.24, 2.45) is 5.41 Å². The van der Waals surface area contributed by atoms with Crippen molar-refractivity contribution in [2.75, 3.05) is 27.2 Å². The fourth-order valence-corrected chi connectivity index (χ4v) is 3.46. The SMILES string of the molecule is CNCC1(CN(C)Cc2ccccn2)CCCCC1. The summed E-state index contributed by atoms with van der Waals surface area (Å²) in [4.78, 5) is 6.86. The van der Waals surface area contributed by atoms with E-state index in [-0.39, 0.29) is 0 Å². The van der Waals surface area contributed by atoms with Gasteiger partial charge in [0.15, 0.2) is 0 Å². The molecule has 0 amide bonds. The second-order valence-electron chi connectivity index (χ2n) is 6.08. The Kier molecular flexibility index (Phi) is 5.34. The molecule has 1 saturated carbocycles. The first kappa shape index (κ1) is 14.5. The van der Waals surface area contributed by atoms with Gasteiger partial charge in [0.25, 0.3) is 0 Å². The lowest BCUT2D eigenvalue weighted by Gasteiger charge is -2.40. The van der Waals surface area contributed by atoms with Crippen LogP contribution in [0.15, 0.2) is 24.4 Å². The van der Waals surface area contributed by atoms with Crippen molar-refractivity contribution in [1.82, 2.24) is 15.2 Å². The summed E-state index contributed by atoms with van der Waals surface area (Å²) in [6.07, 6.45) is 8.79. The lowest BCUT2D eigenvalue weighted by Crippen LogP contribution is -2.43. The highest BCUT2D eigenvalue weighted by molar-refractivity contribution is 5.03. The Labute approximate surface area is 117 Å². The fraction of sp³-hybridized carbons (Fsp3) is 0.688. The third-order valence-electron chi connectivity index (χ3n) is 4.23. The molecular formula is C16H27N3. The van der Waals surface area contributed by atoms with Gasteiger partial charge >= 0.3 is 0 Å². The zero-order chi connectivity index (χ0) is 13.6. The molecular weight excluding hydrogens is 234 g/mol. The molecule has 106 valence electrons. The van der Waals surface area contributed by atoms with Gasteiger partial charge in [0.1, 0.15) is 0 Å². The van der Waals surface area contributed by atoms with Gasteiger partial charge in [-0.2, -0.15) is 0 Å². The van der Waals surface area contributed by atoms with Gasteiger partial charge in [-0.25, -0.2) is 0 Å². The number of hydrogen-bond donors (Lipinski definition) is 1. The Balaban J connectivity index is 1.93. The molecule has 0 radical (unpaired) electrons. The molecule has 0 atom stereocenters. The number of nitrogens with one attached hydrogen (secondary N) is 1. The molecule has 0 aromatic carbocycles. The van der Waals surface area contributed by atoms with Crippen molar-refractivity contribution in [3.05, 3.63) is 30.1 Å². The average Bonchev–Trinajstić information content (AvgIpc) is 2.40. The summed E-state index contributed by atoms with van der Waals surface area (Å²) < 4.78 is 0. The smallest absolute Gasteiger partial charge is 0.0543 e. The maximum absolute atomic E-state index is 4.42. The number of nitrogens with zero attached hydrogens (tertiary/aromatic N) is 2. The molecule has 3 heteroatoms. The van der Waals surface area contributed by atoms with Gasteiger partial charge in [-0.1, -0.05) is 25.3 Å². The Morgan fingerprint density at radius 1 is 1.26 bits per heavy atom. The Morgan fingerprint density at radius 3 is 2.68 bits per heavy atom. The first-order valence-corrected chi connectivity index (χ1v) is 7.47. The molecule has 0 aliphatic heterocycles. The predicted octanol–water partition coefficient (Wildman–Crippen LogP) is 2.68. The van der Waals surface area contributed by atoms with Crippen LogP contribution >= 0.6 is 0 Å². The fourth-order valence-electron chi connectivity index (χ4n) is 3.46. The number of rotatable bonds is 6. The maximum Gasteiger partial charge on any atom is 0.0543 e. The second kappa shape index (κ2) is 7.01. The Bertz CT molecular complexity index is 352. The molecule has 1 aliphatic rings. The van der Waals surface area contributed by atoms with Crippen molar-refractivity contribution in [3.63, 3.8) is 0 Å². The van der Waals surface area contributed by atoms with E-state index in [2.05, 4.69) is 41.4 Å². The van der Waals surface area contributed by atoms with Crippen molar-refractivity contribution < 1.29 is 0 Å². The lowest BCUT2D eigenvalue weighted by molar-refractivity contribution is 0.115. The van der Waals surface area contributed by atoms with Crippen molar-refractivity contribution in [2.45, 2.75) is 38.6 Å². The van der Waals surface area contributed by atoms with E-state index in [0.717, 1.165) is 13.1 Å². The summed E-state index contributed by atoms with van der Waals surface area (Å²) in [6, 6.07) is 6.16. The minimum atomic E-state index is 0.469. The molecule has 1 aromatic heterocycles. The van der Waals surface area contributed by atoms with Crippen LogP contribution in [0.25, 0.3) is 0 Å². The van der Waals surface area contributed by atoms with Crippen molar-refractivity contribution in [1.29, 1.82) is 0 Å². The van der Waals surface area contributed by atoms with E-state index in [1.165, 1.54) is 44.3 Å². The minimum Gasteiger partial charge on any atom is -0.319 e. The summed E-state index contributed by atoms with van der Waals surface area (Å²) in [5.74, 6) is 0. The van der Waals surface area contributed by atoms with Crippen LogP contribution in [0, 0.1) is 5.41 Å². The molecule has 0 unspecified atom stereocenters. The molecule has 2 rings (SSSR count). The highest BCUT2D eigenvalue weighted by atomic mass is 15.1. The molecule has 1 fully saturated rings. The number of hydrogen-bond acceptors (Lipinski definition) is 3. The van der Waals surface area contributed by atoms with Gasteiger partial charge in [0, 0.05) is 25.8 Å². The van der Waals surface area contributed by atoms with Crippen LogP contribution in [0.4, 0.5) is 0 Å². The van der Waals surface area contributed by atoms with Crippen LogP contribution in [0.1, 0.15) is 37.8 Å². The van der Waals surface area contributed by atoms with E-state index in [4.69, 9.17) is 0 Å². The number of pyridine rings is 1. The third kappa shape index (κ3) is 4.29. The lowest BCUT2D eigenvalue weighted by atomic mass is 9.73. The molecule has 0 saturated heterocycles. The zero-order valence-electron chi connectivity index (χ0n) is 12.4. The van der Waals surface area contributed by atoms with E-state index < -0.39 is 0 Å². The second-order valence-corrected chi connectivity index (χ2v) is 6.08. The normalized spacial score (nSPS) is 18.7. The van der Waals surface area contributed by atoms with Gasteiger partial charge in [-0.05, 0) is 44.5 Å². The van der Waals surface area contributed by atoms with E-state index in [9.17, 15) is 0 Å². The van der Waals surface area contributed by atoms with Crippen LogP contribution in [0.5, 0.6) is 0 Å². The Hall–Kier alpha value is -0.930. The van der Waals surface area contributed by atoms with Crippen LogP contribution in [0.2, 0.25) is 0 Å². The third-order valence-corrected chi connectivity index (χ3v) is 4.23. The monoisotopic (exact) mass is 261 g/mol. The minimum absolute atomic E-state index is 0.469. The molecule has 3 nitrogen and oxygen atoms in total. The standard InChI is InChI=1S/C16H27N3/c1-17-13-16(9-5-3-6-10-16)14-19(2)12-15-8-4-7-11-18-15/h4,7-8,11,17H,3,5-6,9-10,12-14H2,1-2H3. The van der Waals surface area contributed by atoms with E-state index in [1.54, 1.807) is 0 Å². The highest BCUT2D eigenvalue weighted by Gasteiger charge is 2.32. The van der Waals surface area contributed by atoms with Crippen LogP contribution in [0.3, 0.4) is 0 Å². The quantitative estimate of drug-likeness (QED) is 0.853. The number of aromatic nitrogens is 1. The van der Waals surface area contributed by atoms with Crippen molar-refractivity contribution >= 4 is 0 Å². The molecule has 1 heterocycles. The topological polar surface area (TPSA) is 28.2 Å². The molecule has 1 aromatic rings. The van der Waals surface area contributed by atoms with Crippen LogP contribution in [-0.2, 0) is 6.54 Å². The van der Waals surface area contributed by atoms with Gasteiger partial charge in [0.05, 0.1) is 5.69 Å². The first-order chi connectivity index (χ1) is 9.24. The largest absolute Gasteiger partial charge is 0.319 e. The Morgan fingerprint density at radius 2 is 2.05 bits per heavy atom. The van der Waals surface area contributed by atoms with Crippen LogP contribution < -0.4 is 5.32 Å². The van der Waals surface area contributed by atoms with Gasteiger partial charge < -0.3 is 5.32 Å². The van der Waals surface area contributed by atoms with Crippen molar-refractivity contribution in [3.8, 4) is 0 Å². The molecule has 19 heavy (non-hydrogen) atoms. The van der Waals surface area contributed by atoms with E-state index >= 15 is 0 Å². The molecule has 1 N–H and O–H groups in total. The molecule has 1 aliphatic carbocycles. The summed E-state index contributed by atoms with van der Waals surface area (Å²) >= 11 is 0. The summed E-state index contributed by atoms with van der Waals surface area (Å²) in [6.45, 7) is 3.26. The first-order valence-electron chi connectivity index (χ1n) is 7.47. The van der Waals surface area contributed by atoms with E-state index in [0.29, 0.717) is 5.41 Å². The van der Waals surface area contributed by atoms with Gasteiger partial charge in [-0.15, -0.1) is 0 Å². The maximum atomic E-state index is 4.42. The average molecular weight is 261 g/mol. The van der Waals surface area contributed by atoms with Crippen LogP contribution in [-0.4, -0.2) is 37.1 Å².